The highest BCUT2D eigenvalue weighted by atomic mass is 16.5. The maximum absolute atomic E-state index is 6.23. The third-order valence-corrected chi connectivity index (χ3v) is 6.09. The van der Waals surface area contributed by atoms with E-state index < -0.39 is 0 Å². The van der Waals surface area contributed by atoms with Gasteiger partial charge < -0.3 is 9.47 Å². The van der Waals surface area contributed by atoms with Gasteiger partial charge in [-0.05, 0) is 37.8 Å². The van der Waals surface area contributed by atoms with Crippen molar-refractivity contribution in [2.24, 2.45) is 0 Å². The molecule has 0 bridgehead atoms. The summed E-state index contributed by atoms with van der Waals surface area (Å²) in [5.74, 6) is 0. The Kier molecular flexibility index (Phi) is 4.09. The van der Waals surface area contributed by atoms with E-state index in [1.54, 1.807) is 0 Å². The predicted molar refractivity (Wildman–Crippen MR) is 102 cm³/mol. The van der Waals surface area contributed by atoms with Gasteiger partial charge in [-0.15, -0.1) is 0 Å². The molecule has 5 rings (SSSR count). The minimum Gasteiger partial charge on any atom is -0.350 e. The molecular formula is C22H26N2O2. The van der Waals surface area contributed by atoms with Crippen LogP contribution in [-0.2, 0) is 9.47 Å². The Labute approximate surface area is 155 Å². The van der Waals surface area contributed by atoms with Gasteiger partial charge >= 0.3 is 0 Å². The Morgan fingerprint density at radius 1 is 0.731 bits per heavy atom. The van der Waals surface area contributed by atoms with Crippen molar-refractivity contribution in [3.05, 3.63) is 70.9 Å². The molecule has 136 valence electrons. The van der Waals surface area contributed by atoms with Crippen LogP contribution in [0.2, 0.25) is 0 Å². The number of nitrogens with one attached hydrogen (secondary N) is 2. The molecule has 4 heteroatoms. The predicted octanol–water partition coefficient (Wildman–Crippen LogP) is 3.03. The molecule has 26 heavy (non-hydrogen) atoms. The van der Waals surface area contributed by atoms with E-state index in [1.807, 2.05) is 0 Å². The zero-order valence-electron chi connectivity index (χ0n) is 15.3. The summed E-state index contributed by atoms with van der Waals surface area (Å²) in [7, 11) is 0. The zero-order valence-corrected chi connectivity index (χ0v) is 15.3. The minimum atomic E-state index is 0.0158. The summed E-state index contributed by atoms with van der Waals surface area (Å²) in [6, 6.07) is 0.613. The highest BCUT2D eigenvalue weighted by molar-refractivity contribution is 5.35. The van der Waals surface area contributed by atoms with Crippen molar-refractivity contribution in [3.8, 4) is 0 Å². The van der Waals surface area contributed by atoms with Gasteiger partial charge in [0.15, 0.2) is 0 Å². The van der Waals surface area contributed by atoms with E-state index in [1.165, 1.54) is 22.3 Å². The monoisotopic (exact) mass is 350 g/mol. The molecule has 2 N–H and O–H groups in total. The molecule has 6 atom stereocenters. The molecule has 0 saturated carbocycles. The highest BCUT2D eigenvalue weighted by Crippen LogP contribution is 2.33. The van der Waals surface area contributed by atoms with Crippen molar-refractivity contribution in [1.82, 2.24) is 10.6 Å². The largest absolute Gasteiger partial charge is 0.350 e. The van der Waals surface area contributed by atoms with Gasteiger partial charge in [0, 0.05) is 0 Å². The molecule has 0 aromatic heterocycles. The second-order valence-corrected chi connectivity index (χ2v) is 7.82. The van der Waals surface area contributed by atoms with Gasteiger partial charge in [0.25, 0.3) is 0 Å². The van der Waals surface area contributed by atoms with Crippen LogP contribution in [-0.4, -0.2) is 36.7 Å². The molecule has 0 aromatic carbocycles. The lowest BCUT2D eigenvalue weighted by atomic mass is 9.95. The fraction of sp³-hybridized carbons (Fsp3) is 0.455. The number of allylic oxidation sites excluding steroid dienone is 6. The highest BCUT2D eigenvalue weighted by Gasteiger charge is 2.39. The summed E-state index contributed by atoms with van der Waals surface area (Å²) >= 11 is 0. The summed E-state index contributed by atoms with van der Waals surface area (Å²) in [4.78, 5) is 0. The molecule has 0 aromatic rings. The Morgan fingerprint density at radius 2 is 1.19 bits per heavy atom. The quantitative estimate of drug-likeness (QED) is 0.803. The van der Waals surface area contributed by atoms with Gasteiger partial charge in [-0.2, -0.15) is 0 Å². The van der Waals surface area contributed by atoms with Crippen LogP contribution in [0.5, 0.6) is 0 Å². The molecule has 3 aliphatic carbocycles. The van der Waals surface area contributed by atoms with Gasteiger partial charge in [-0.25, -0.2) is 0 Å². The topological polar surface area (TPSA) is 42.5 Å². The summed E-state index contributed by atoms with van der Waals surface area (Å²) in [6.07, 6.45) is 19.6. The van der Waals surface area contributed by atoms with Gasteiger partial charge in [-0.3, -0.25) is 10.6 Å². The molecule has 2 saturated heterocycles. The zero-order chi connectivity index (χ0) is 17.7. The van der Waals surface area contributed by atoms with Crippen LogP contribution < -0.4 is 10.6 Å². The Balaban J connectivity index is 1.28. The average molecular weight is 350 g/mol. The van der Waals surface area contributed by atoms with Crippen LogP contribution in [0.4, 0.5) is 0 Å². The molecular weight excluding hydrogens is 324 g/mol. The van der Waals surface area contributed by atoms with Crippen LogP contribution in [0, 0.1) is 0 Å². The number of hydrogen-bond donors (Lipinski definition) is 2. The Bertz CT molecular complexity index is 720. The second kappa shape index (κ2) is 6.46. The third kappa shape index (κ3) is 2.78. The summed E-state index contributed by atoms with van der Waals surface area (Å²) < 4.78 is 12.5. The lowest BCUT2D eigenvalue weighted by molar-refractivity contribution is 0.0782. The molecule has 0 radical (unpaired) electrons. The second-order valence-electron chi connectivity index (χ2n) is 7.82. The lowest BCUT2D eigenvalue weighted by Gasteiger charge is -2.23. The fourth-order valence-electron chi connectivity index (χ4n) is 4.50. The maximum Gasteiger partial charge on any atom is 0.132 e. The van der Waals surface area contributed by atoms with Gasteiger partial charge in [-0.1, -0.05) is 59.8 Å². The van der Waals surface area contributed by atoms with Crippen LogP contribution in [0.1, 0.15) is 26.7 Å². The Hall–Kier alpha value is -1.72. The van der Waals surface area contributed by atoms with Crippen molar-refractivity contribution in [3.63, 3.8) is 0 Å². The first-order valence-electron chi connectivity index (χ1n) is 9.61. The van der Waals surface area contributed by atoms with Crippen LogP contribution in [0.15, 0.2) is 70.9 Å². The molecule has 4 nitrogen and oxygen atoms in total. The normalized spacial score (nSPS) is 41.2. The maximum atomic E-state index is 6.23. The fourth-order valence-corrected chi connectivity index (χ4v) is 4.50. The smallest absolute Gasteiger partial charge is 0.132 e. The van der Waals surface area contributed by atoms with Gasteiger partial charge in [0.05, 0.1) is 24.3 Å². The number of rotatable bonds is 2. The van der Waals surface area contributed by atoms with Crippen molar-refractivity contribution < 1.29 is 9.47 Å². The minimum absolute atomic E-state index is 0.0158. The first-order chi connectivity index (χ1) is 12.7. The first kappa shape index (κ1) is 16.5. The Morgan fingerprint density at radius 3 is 1.58 bits per heavy atom. The summed E-state index contributed by atoms with van der Waals surface area (Å²) in [6.45, 7) is 4.33. The molecule has 5 aliphatic rings. The van der Waals surface area contributed by atoms with E-state index in [9.17, 15) is 0 Å². The number of hydrogen-bond acceptors (Lipinski definition) is 4. The molecule has 2 heterocycles. The van der Waals surface area contributed by atoms with E-state index >= 15 is 0 Å². The molecule has 0 spiro atoms. The van der Waals surface area contributed by atoms with Crippen molar-refractivity contribution in [2.75, 3.05) is 0 Å². The molecule has 6 unspecified atom stereocenters. The first-order valence-corrected chi connectivity index (χ1v) is 9.61. The summed E-state index contributed by atoms with van der Waals surface area (Å²) in [5, 5.41) is 7.28. The van der Waals surface area contributed by atoms with E-state index in [0.29, 0.717) is 12.1 Å². The number of fused-ring (bicyclic) bond motifs is 2. The van der Waals surface area contributed by atoms with Crippen molar-refractivity contribution in [2.45, 2.75) is 63.4 Å². The molecule has 2 aliphatic heterocycles. The van der Waals surface area contributed by atoms with E-state index in [4.69, 9.17) is 9.47 Å². The summed E-state index contributed by atoms with van der Waals surface area (Å²) in [5.41, 5.74) is 5.34. The molecule has 2 fully saturated rings. The molecule has 0 amide bonds. The van der Waals surface area contributed by atoms with Crippen molar-refractivity contribution in [1.29, 1.82) is 0 Å². The van der Waals surface area contributed by atoms with Crippen LogP contribution in [0.3, 0.4) is 0 Å². The average Bonchev–Trinajstić information content (AvgIpc) is 3.28. The van der Waals surface area contributed by atoms with Crippen LogP contribution in [0.25, 0.3) is 0 Å². The van der Waals surface area contributed by atoms with Crippen LogP contribution >= 0.6 is 0 Å². The lowest BCUT2D eigenvalue weighted by Crippen LogP contribution is -2.36. The standard InChI is InChI=1S/C22H26N2O2/c1-13-5-3-7-17-19(13)23-21(25-17)15-9-11-16(12-10-15)22-24-20-14(2)6-4-8-18(20)26-22/h3-9,11,17-24H,10,12H2,1-2H3. The van der Waals surface area contributed by atoms with E-state index in [0.717, 1.165) is 12.8 Å². The van der Waals surface area contributed by atoms with E-state index in [-0.39, 0.29) is 24.7 Å². The van der Waals surface area contributed by atoms with Crippen molar-refractivity contribution >= 4 is 0 Å². The third-order valence-electron chi connectivity index (χ3n) is 6.09. The van der Waals surface area contributed by atoms with Gasteiger partial charge in [0.2, 0.25) is 0 Å². The number of ether oxygens (including phenoxy) is 2. The SMILES string of the molecule is CC1=CC=CC2OC(C3=CC=C(C4NC5C(C)=CC=CC5O4)CC3)NC12. The van der Waals surface area contributed by atoms with E-state index in [2.05, 4.69) is 73.1 Å². The van der Waals surface area contributed by atoms with Gasteiger partial charge in [0.1, 0.15) is 12.5 Å².